The average Bonchev–Trinajstić information content (AvgIpc) is 3.23. The zero-order valence-corrected chi connectivity index (χ0v) is 19.1. The number of aliphatic imine (C=N–C) groups is 1. The molecule has 32 heavy (non-hydrogen) atoms. The Morgan fingerprint density at radius 3 is 2.59 bits per heavy atom. The number of hydrogen-bond donors (Lipinski definition) is 1. The van der Waals surface area contributed by atoms with Gasteiger partial charge in [-0.25, -0.2) is 4.98 Å². The van der Waals surface area contributed by atoms with Gasteiger partial charge < -0.3 is 10.3 Å². The average molecular weight is 424 g/mol. The van der Waals surface area contributed by atoms with E-state index in [1.807, 2.05) is 31.7 Å². The molecule has 0 aliphatic carbocycles. The second kappa shape index (κ2) is 9.18. The summed E-state index contributed by atoms with van der Waals surface area (Å²) < 4.78 is 2.08. The van der Waals surface area contributed by atoms with Gasteiger partial charge in [0, 0.05) is 42.2 Å². The van der Waals surface area contributed by atoms with Crippen molar-refractivity contribution in [1.82, 2.24) is 14.5 Å². The number of allylic oxidation sites excluding steroid dienone is 1. The Morgan fingerprint density at radius 2 is 1.91 bits per heavy atom. The lowest BCUT2D eigenvalue weighted by Gasteiger charge is -2.17. The van der Waals surface area contributed by atoms with Crippen molar-refractivity contribution in [1.29, 1.82) is 0 Å². The lowest BCUT2D eigenvalue weighted by atomic mass is 9.92. The van der Waals surface area contributed by atoms with Crippen molar-refractivity contribution in [3.05, 3.63) is 101 Å². The number of pyridine rings is 1. The maximum absolute atomic E-state index is 5.35. The molecule has 4 aromatic rings. The van der Waals surface area contributed by atoms with E-state index < -0.39 is 0 Å². The van der Waals surface area contributed by atoms with Gasteiger partial charge in [-0.3, -0.25) is 9.98 Å². The van der Waals surface area contributed by atoms with Crippen LogP contribution in [0.3, 0.4) is 0 Å². The van der Waals surface area contributed by atoms with Crippen LogP contribution in [0.1, 0.15) is 46.5 Å². The summed E-state index contributed by atoms with van der Waals surface area (Å²) in [6.45, 7) is 6.54. The quantitative estimate of drug-likeness (QED) is 0.416. The number of aryl methyl sites for hydroxylation is 3. The van der Waals surface area contributed by atoms with Gasteiger partial charge in [-0.2, -0.15) is 0 Å². The van der Waals surface area contributed by atoms with Gasteiger partial charge in [-0.15, -0.1) is 0 Å². The maximum atomic E-state index is 5.35. The molecule has 0 radical (unpaired) electrons. The molecule has 0 fully saturated rings. The number of nitrogens with zero attached hydrogens (tertiary/aromatic N) is 4. The van der Waals surface area contributed by atoms with Gasteiger partial charge in [0.2, 0.25) is 0 Å². The third-order valence-corrected chi connectivity index (χ3v) is 6.14. The van der Waals surface area contributed by atoms with Crippen molar-refractivity contribution in [3.8, 4) is 0 Å². The minimum absolute atomic E-state index is 0.262. The highest BCUT2D eigenvalue weighted by atomic mass is 15.0. The third-order valence-electron chi connectivity index (χ3n) is 6.14. The summed E-state index contributed by atoms with van der Waals surface area (Å²) in [4.78, 5) is 13.6. The van der Waals surface area contributed by atoms with Crippen LogP contribution in [0.2, 0.25) is 0 Å². The molecule has 0 aliphatic rings. The molecule has 1 atom stereocenters. The molecule has 0 bridgehead atoms. The Labute approximate surface area is 189 Å². The standard InChI is InChI=1S/C27H29N5/c1-18(27-16-29-17-32(27)4)22-8-11-26-25(15-22)19(2)24(20(3)31-26)14-21-6-9-23(10-7-21)30-13-5-12-28/h5-13,15-18H,14,28H2,1-4H3. The highest BCUT2D eigenvalue weighted by Gasteiger charge is 2.15. The van der Waals surface area contributed by atoms with Crippen LogP contribution < -0.4 is 5.73 Å². The highest BCUT2D eigenvalue weighted by molar-refractivity contribution is 5.84. The lowest BCUT2D eigenvalue weighted by molar-refractivity contribution is 0.769. The monoisotopic (exact) mass is 423 g/mol. The van der Waals surface area contributed by atoms with Crippen LogP contribution in [0.15, 0.2) is 72.3 Å². The van der Waals surface area contributed by atoms with Crippen LogP contribution in [0.4, 0.5) is 5.69 Å². The Balaban J connectivity index is 1.67. The van der Waals surface area contributed by atoms with E-state index in [4.69, 9.17) is 10.7 Å². The largest absolute Gasteiger partial charge is 0.405 e. The molecule has 2 N–H and O–H groups in total. The SMILES string of the molecule is Cc1nc2ccc(C(C)c3cncn3C)cc2c(C)c1Cc1ccc(N=CC=CN)cc1. The Bertz CT molecular complexity index is 1300. The molecule has 2 aromatic heterocycles. The van der Waals surface area contributed by atoms with Crippen LogP contribution in [0, 0.1) is 13.8 Å². The summed E-state index contributed by atoms with van der Waals surface area (Å²) in [5.41, 5.74) is 14.7. The molecular formula is C27H29N5. The van der Waals surface area contributed by atoms with E-state index in [-0.39, 0.29) is 5.92 Å². The first kappa shape index (κ1) is 21.5. The number of imidazole rings is 1. The van der Waals surface area contributed by atoms with Gasteiger partial charge in [0.1, 0.15) is 0 Å². The van der Waals surface area contributed by atoms with E-state index in [0.29, 0.717) is 0 Å². The van der Waals surface area contributed by atoms with Crippen molar-refractivity contribution < 1.29 is 0 Å². The smallest absolute Gasteiger partial charge is 0.0945 e. The fraction of sp³-hybridized carbons (Fsp3) is 0.222. The topological polar surface area (TPSA) is 69.1 Å². The number of nitrogens with two attached hydrogens (primary N) is 1. The molecule has 1 unspecified atom stereocenters. The van der Waals surface area contributed by atoms with Gasteiger partial charge in [0.25, 0.3) is 0 Å². The third kappa shape index (κ3) is 4.33. The van der Waals surface area contributed by atoms with E-state index in [2.05, 4.69) is 65.6 Å². The van der Waals surface area contributed by atoms with Crippen molar-refractivity contribution >= 4 is 22.8 Å². The van der Waals surface area contributed by atoms with E-state index >= 15 is 0 Å². The Kier molecular flexibility index (Phi) is 6.17. The molecule has 162 valence electrons. The van der Waals surface area contributed by atoms with Gasteiger partial charge in [0.05, 0.1) is 17.5 Å². The zero-order chi connectivity index (χ0) is 22.7. The van der Waals surface area contributed by atoms with Crippen molar-refractivity contribution in [3.63, 3.8) is 0 Å². The summed E-state index contributed by atoms with van der Waals surface area (Å²) in [5.74, 6) is 0.262. The first-order valence-corrected chi connectivity index (χ1v) is 10.8. The number of benzene rings is 2. The van der Waals surface area contributed by atoms with E-state index in [1.54, 1.807) is 12.3 Å². The Hall–Kier alpha value is -3.73. The van der Waals surface area contributed by atoms with Crippen LogP contribution in [0.5, 0.6) is 0 Å². The van der Waals surface area contributed by atoms with Crippen LogP contribution >= 0.6 is 0 Å². The Morgan fingerprint density at radius 1 is 1.12 bits per heavy atom. The molecule has 5 heteroatoms. The van der Waals surface area contributed by atoms with E-state index in [0.717, 1.165) is 23.3 Å². The molecule has 2 aromatic carbocycles. The summed E-state index contributed by atoms with van der Waals surface area (Å²) in [6.07, 6.45) is 9.52. The predicted octanol–water partition coefficient (Wildman–Crippen LogP) is 5.50. The van der Waals surface area contributed by atoms with Gasteiger partial charge in [-0.05, 0) is 79.1 Å². The number of hydrogen-bond acceptors (Lipinski definition) is 4. The van der Waals surface area contributed by atoms with Crippen molar-refractivity contribution in [2.45, 2.75) is 33.1 Å². The predicted molar refractivity (Wildman–Crippen MR) is 133 cm³/mol. The van der Waals surface area contributed by atoms with Crippen molar-refractivity contribution in [2.75, 3.05) is 0 Å². The fourth-order valence-electron chi connectivity index (χ4n) is 4.20. The molecule has 2 heterocycles. The molecule has 0 saturated carbocycles. The summed E-state index contributed by atoms with van der Waals surface area (Å²) in [7, 11) is 2.04. The van der Waals surface area contributed by atoms with Crippen LogP contribution in [-0.4, -0.2) is 20.7 Å². The van der Waals surface area contributed by atoms with Gasteiger partial charge in [-0.1, -0.05) is 25.1 Å². The minimum Gasteiger partial charge on any atom is -0.405 e. The first-order valence-electron chi connectivity index (χ1n) is 10.8. The van der Waals surface area contributed by atoms with E-state index in [1.165, 1.54) is 39.5 Å². The molecule has 0 aliphatic heterocycles. The summed E-state index contributed by atoms with van der Waals surface area (Å²) >= 11 is 0. The normalized spacial score (nSPS) is 12.9. The minimum atomic E-state index is 0.262. The highest BCUT2D eigenvalue weighted by Crippen LogP contribution is 2.30. The molecule has 5 nitrogen and oxygen atoms in total. The molecular weight excluding hydrogens is 394 g/mol. The summed E-state index contributed by atoms with van der Waals surface area (Å²) in [6, 6.07) is 14.9. The fourth-order valence-corrected chi connectivity index (χ4v) is 4.20. The van der Waals surface area contributed by atoms with Crippen molar-refractivity contribution in [2.24, 2.45) is 17.8 Å². The van der Waals surface area contributed by atoms with Gasteiger partial charge >= 0.3 is 0 Å². The molecule has 0 saturated heterocycles. The second-order valence-electron chi connectivity index (χ2n) is 8.23. The lowest BCUT2D eigenvalue weighted by Crippen LogP contribution is -2.04. The first-order chi connectivity index (χ1) is 15.5. The molecule has 0 spiro atoms. The number of aromatic nitrogens is 3. The number of fused-ring (bicyclic) bond motifs is 1. The van der Waals surface area contributed by atoms with Gasteiger partial charge in [0.15, 0.2) is 0 Å². The zero-order valence-electron chi connectivity index (χ0n) is 19.1. The molecule has 0 amide bonds. The molecule has 4 rings (SSSR count). The second-order valence-corrected chi connectivity index (χ2v) is 8.23. The number of rotatable bonds is 6. The van der Waals surface area contributed by atoms with Crippen LogP contribution in [-0.2, 0) is 13.5 Å². The van der Waals surface area contributed by atoms with E-state index in [9.17, 15) is 0 Å². The maximum Gasteiger partial charge on any atom is 0.0945 e. The summed E-state index contributed by atoms with van der Waals surface area (Å²) in [5, 5.41) is 1.21. The van der Waals surface area contributed by atoms with Crippen LogP contribution in [0.25, 0.3) is 10.9 Å².